The van der Waals surface area contributed by atoms with Gasteiger partial charge in [0.1, 0.15) is 0 Å². The Morgan fingerprint density at radius 3 is 2.24 bits per heavy atom. The summed E-state index contributed by atoms with van der Waals surface area (Å²) in [5.74, 6) is -0.429. The molecular formula is C13H19NO2S. The first-order chi connectivity index (χ1) is 8.17. The second kappa shape index (κ2) is 4.98. The monoisotopic (exact) mass is 253 g/mol. The van der Waals surface area contributed by atoms with E-state index in [1.807, 2.05) is 30.0 Å². The summed E-state index contributed by atoms with van der Waals surface area (Å²) in [6, 6.07) is 10.3. The molecule has 1 aromatic carbocycles. The SMILES string of the molecule is COC1(OC)CC(CN)(Sc2ccccc2)C1. The maximum Gasteiger partial charge on any atom is 0.170 e. The summed E-state index contributed by atoms with van der Waals surface area (Å²) >= 11 is 1.83. The lowest BCUT2D eigenvalue weighted by Crippen LogP contribution is -2.60. The van der Waals surface area contributed by atoms with E-state index < -0.39 is 5.79 Å². The van der Waals surface area contributed by atoms with E-state index in [-0.39, 0.29) is 4.75 Å². The minimum Gasteiger partial charge on any atom is -0.353 e. The van der Waals surface area contributed by atoms with Crippen molar-refractivity contribution in [3.05, 3.63) is 30.3 Å². The van der Waals surface area contributed by atoms with Crippen LogP contribution in [-0.2, 0) is 9.47 Å². The Morgan fingerprint density at radius 2 is 1.76 bits per heavy atom. The molecule has 0 saturated heterocycles. The molecule has 1 aliphatic carbocycles. The van der Waals surface area contributed by atoms with Gasteiger partial charge in [0, 0.05) is 43.2 Å². The van der Waals surface area contributed by atoms with Crippen LogP contribution in [0.5, 0.6) is 0 Å². The average molecular weight is 253 g/mol. The number of thioether (sulfide) groups is 1. The van der Waals surface area contributed by atoms with Gasteiger partial charge in [-0.1, -0.05) is 18.2 Å². The molecule has 4 heteroatoms. The fourth-order valence-corrected chi connectivity index (χ4v) is 3.76. The van der Waals surface area contributed by atoms with Crippen LogP contribution in [0.3, 0.4) is 0 Å². The van der Waals surface area contributed by atoms with Gasteiger partial charge in [-0.05, 0) is 12.1 Å². The van der Waals surface area contributed by atoms with Gasteiger partial charge in [-0.3, -0.25) is 0 Å². The first-order valence-electron chi connectivity index (χ1n) is 5.72. The Kier molecular flexibility index (Phi) is 3.78. The van der Waals surface area contributed by atoms with Gasteiger partial charge < -0.3 is 15.2 Å². The lowest BCUT2D eigenvalue weighted by atomic mass is 9.77. The molecule has 0 heterocycles. The van der Waals surface area contributed by atoms with Crippen LogP contribution in [0.4, 0.5) is 0 Å². The summed E-state index contributed by atoms with van der Waals surface area (Å²) in [7, 11) is 3.38. The topological polar surface area (TPSA) is 44.5 Å². The molecule has 3 nitrogen and oxygen atoms in total. The van der Waals surface area contributed by atoms with Crippen molar-refractivity contribution < 1.29 is 9.47 Å². The second-order valence-electron chi connectivity index (χ2n) is 4.47. The van der Waals surface area contributed by atoms with E-state index in [0.717, 1.165) is 12.8 Å². The third kappa shape index (κ3) is 2.50. The summed E-state index contributed by atoms with van der Waals surface area (Å²) in [6.07, 6.45) is 1.67. The Morgan fingerprint density at radius 1 is 1.18 bits per heavy atom. The first kappa shape index (κ1) is 12.9. The van der Waals surface area contributed by atoms with Crippen LogP contribution in [0.25, 0.3) is 0 Å². The third-order valence-corrected chi connectivity index (χ3v) is 4.77. The maximum atomic E-state index is 5.92. The molecular weight excluding hydrogens is 234 g/mol. The zero-order valence-corrected chi connectivity index (χ0v) is 11.1. The van der Waals surface area contributed by atoms with Gasteiger partial charge in [0.25, 0.3) is 0 Å². The molecule has 1 fully saturated rings. The van der Waals surface area contributed by atoms with E-state index >= 15 is 0 Å². The van der Waals surface area contributed by atoms with Crippen LogP contribution in [0.2, 0.25) is 0 Å². The third-order valence-electron chi connectivity index (χ3n) is 3.38. The van der Waals surface area contributed by atoms with Gasteiger partial charge in [0.05, 0.1) is 0 Å². The Labute approximate surface area is 107 Å². The Bertz CT molecular complexity index is 357. The number of rotatable bonds is 5. The molecule has 0 atom stereocenters. The highest BCUT2D eigenvalue weighted by Crippen LogP contribution is 2.54. The highest BCUT2D eigenvalue weighted by atomic mass is 32.2. The van der Waals surface area contributed by atoms with Crippen molar-refractivity contribution >= 4 is 11.8 Å². The minimum atomic E-state index is -0.429. The second-order valence-corrected chi connectivity index (χ2v) is 6.02. The van der Waals surface area contributed by atoms with Crippen LogP contribution >= 0.6 is 11.8 Å². The average Bonchev–Trinajstić information content (AvgIpc) is 2.35. The molecule has 94 valence electrons. The summed E-state index contributed by atoms with van der Waals surface area (Å²) < 4.78 is 10.9. The molecule has 2 N–H and O–H groups in total. The van der Waals surface area contributed by atoms with Crippen molar-refractivity contribution in [1.82, 2.24) is 0 Å². The molecule has 0 unspecified atom stereocenters. The van der Waals surface area contributed by atoms with Gasteiger partial charge in [-0.25, -0.2) is 0 Å². The van der Waals surface area contributed by atoms with Crippen LogP contribution in [0.1, 0.15) is 12.8 Å². The molecule has 0 aliphatic heterocycles. The number of hydrogen-bond donors (Lipinski definition) is 1. The fourth-order valence-electron chi connectivity index (χ4n) is 2.30. The molecule has 17 heavy (non-hydrogen) atoms. The molecule has 1 aromatic rings. The van der Waals surface area contributed by atoms with Crippen LogP contribution in [0, 0.1) is 0 Å². The minimum absolute atomic E-state index is 0.0490. The quantitative estimate of drug-likeness (QED) is 0.818. The molecule has 0 bridgehead atoms. The number of methoxy groups -OCH3 is 2. The highest BCUT2D eigenvalue weighted by molar-refractivity contribution is 8.00. The largest absolute Gasteiger partial charge is 0.353 e. The van der Waals surface area contributed by atoms with E-state index in [2.05, 4.69) is 12.1 Å². The van der Waals surface area contributed by atoms with Crippen LogP contribution in [0.15, 0.2) is 35.2 Å². The number of hydrogen-bond acceptors (Lipinski definition) is 4. The molecule has 0 spiro atoms. The van der Waals surface area contributed by atoms with Crippen molar-refractivity contribution in [2.45, 2.75) is 28.3 Å². The van der Waals surface area contributed by atoms with Gasteiger partial charge in [0.2, 0.25) is 0 Å². The highest BCUT2D eigenvalue weighted by Gasteiger charge is 2.55. The van der Waals surface area contributed by atoms with Gasteiger partial charge >= 0.3 is 0 Å². The maximum absolute atomic E-state index is 5.92. The van der Waals surface area contributed by atoms with Crippen LogP contribution < -0.4 is 5.73 Å². The molecule has 2 rings (SSSR count). The lowest BCUT2D eigenvalue weighted by Gasteiger charge is -2.53. The van der Waals surface area contributed by atoms with Gasteiger partial charge in [-0.2, -0.15) is 0 Å². The van der Waals surface area contributed by atoms with Crippen molar-refractivity contribution in [2.24, 2.45) is 5.73 Å². The standard InChI is InChI=1S/C13H19NO2S/c1-15-13(16-2)8-12(9-13,10-14)17-11-6-4-3-5-7-11/h3-7H,8-10,14H2,1-2H3. The predicted octanol–water partition coefficient (Wildman–Crippen LogP) is 2.26. The van der Waals surface area contributed by atoms with Crippen molar-refractivity contribution in [1.29, 1.82) is 0 Å². The van der Waals surface area contributed by atoms with Crippen molar-refractivity contribution in [3.8, 4) is 0 Å². The van der Waals surface area contributed by atoms with Crippen molar-refractivity contribution in [3.63, 3.8) is 0 Å². The fraction of sp³-hybridized carbons (Fsp3) is 0.538. The zero-order valence-electron chi connectivity index (χ0n) is 10.3. The Hall–Kier alpha value is -0.550. The first-order valence-corrected chi connectivity index (χ1v) is 6.54. The molecule has 0 amide bonds. The van der Waals surface area contributed by atoms with Crippen LogP contribution in [-0.4, -0.2) is 31.3 Å². The van der Waals surface area contributed by atoms with E-state index in [9.17, 15) is 0 Å². The van der Waals surface area contributed by atoms with E-state index in [1.54, 1.807) is 14.2 Å². The summed E-state index contributed by atoms with van der Waals surface area (Å²) in [5.41, 5.74) is 5.92. The predicted molar refractivity (Wildman–Crippen MR) is 70.1 cm³/mol. The van der Waals surface area contributed by atoms with Gasteiger partial charge in [0.15, 0.2) is 5.79 Å². The summed E-state index contributed by atoms with van der Waals surface area (Å²) in [5, 5.41) is 0. The lowest BCUT2D eigenvalue weighted by molar-refractivity contribution is -0.260. The summed E-state index contributed by atoms with van der Waals surface area (Å²) in [4.78, 5) is 1.25. The Balaban J connectivity index is 2.05. The molecule has 1 saturated carbocycles. The number of nitrogens with two attached hydrogens (primary N) is 1. The van der Waals surface area contributed by atoms with E-state index in [1.165, 1.54) is 4.90 Å². The summed E-state index contributed by atoms with van der Waals surface area (Å²) in [6.45, 7) is 0.640. The van der Waals surface area contributed by atoms with Crippen molar-refractivity contribution in [2.75, 3.05) is 20.8 Å². The molecule has 0 radical (unpaired) electrons. The van der Waals surface area contributed by atoms with E-state index in [4.69, 9.17) is 15.2 Å². The zero-order chi connectivity index (χ0) is 12.4. The number of ether oxygens (including phenoxy) is 2. The normalized spacial score (nSPS) is 20.9. The smallest absolute Gasteiger partial charge is 0.170 e. The van der Waals surface area contributed by atoms with Gasteiger partial charge in [-0.15, -0.1) is 11.8 Å². The van der Waals surface area contributed by atoms with E-state index in [0.29, 0.717) is 6.54 Å². The number of benzene rings is 1. The molecule has 0 aromatic heterocycles. The molecule has 1 aliphatic rings.